The SMILES string of the molecule is Cc1cc(NC(=O)CN)ccc1NC(=O)C(C)(C)C. The second kappa shape index (κ2) is 5.84. The number of amides is 2. The fourth-order valence-electron chi connectivity index (χ4n) is 1.40. The van der Waals surface area contributed by atoms with E-state index in [1.165, 1.54) is 0 Å². The van der Waals surface area contributed by atoms with E-state index in [-0.39, 0.29) is 18.4 Å². The van der Waals surface area contributed by atoms with Gasteiger partial charge in [-0.1, -0.05) is 20.8 Å². The van der Waals surface area contributed by atoms with Crippen LogP contribution < -0.4 is 16.4 Å². The summed E-state index contributed by atoms with van der Waals surface area (Å²) in [6.45, 7) is 7.38. The highest BCUT2D eigenvalue weighted by Gasteiger charge is 2.21. The Balaban J connectivity index is 2.83. The highest BCUT2D eigenvalue weighted by atomic mass is 16.2. The van der Waals surface area contributed by atoms with Gasteiger partial charge in [0.25, 0.3) is 0 Å². The Morgan fingerprint density at radius 1 is 1.21 bits per heavy atom. The topological polar surface area (TPSA) is 84.2 Å². The molecule has 4 N–H and O–H groups in total. The predicted octanol–water partition coefficient (Wildman–Crippen LogP) is 1.88. The first kappa shape index (κ1) is 15.2. The van der Waals surface area contributed by atoms with Crippen LogP contribution in [0.25, 0.3) is 0 Å². The third-order valence-electron chi connectivity index (χ3n) is 2.62. The summed E-state index contributed by atoms with van der Waals surface area (Å²) in [4.78, 5) is 23.1. The molecule has 5 heteroatoms. The van der Waals surface area contributed by atoms with Gasteiger partial charge in [0.2, 0.25) is 11.8 Å². The molecular weight excluding hydrogens is 242 g/mol. The molecule has 0 fully saturated rings. The molecule has 0 heterocycles. The quantitative estimate of drug-likeness (QED) is 0.778. The standard InChI is InChI=1S/C14H21N3O2/c1-9-7-10(16-12(18)8-15)5-6-11(9)17-13(19)14(2,3)4/h5-7H,8,15H2,1-4H3,(H,16,18)(H,17,19). The molecule has 0 radical (unpaired) electrons. The Labute approximate surface area is 113 Å². The van der Waals surface area contributed by atoms with Crippen molar-refractivity contribution in [2.75, 3.05) is 17.2 Å². The van der Waals surface area contributed by atoms with Gasteiger partial charge < -0.3 is 16.4 Å². The van der Waals surface area contributed by atoms with E-state index in [1.54, 1.807) is 18.2 Å². The van der Waals surface area contributed by atoms with Gasteiger partial charge in [-0.15, -0.1) is 0 Å². The van der Waals surface area contributed by atoms with Crippen molar-refractivity contribution in [2.45, 2.75) is 27.7 Å². The second-order valence-electron chi connectivity index (χ2n) is 5.49. The number of anilines is 2. The molecule has 1 rings (SSSR count). The van der Waals surface area contributed by atoms with E-state index >= 15 is 0 Å². The van der Waals surface area contributed by atoms with Crippen molar-refractivity contribution in [1.82, 2.24) is 0 Å². The Hall–Kier alpha value is -1.88. The first-order chi connectivity index (χ1) is 8.74. The number of aryl methyl sites for hydroxylation is 1. The average Bonchev–Trinajstić information content (AvgIpc) is 2.31. The van der Waals surface area contributed by atoms with E-state index in [2.05, 4.69) is 10.6 Å². The first-order valence-corrected chi connectivity index (χ1v) is 6.16. The number of hydrogen-bond donors (Lipinski definition) is 3. The summed E-state index contributed by atoms with van der Waals surface area (Å²) in [7, 11) is 0. The normalized spacial score (nSPS) is 11.0. The highest BCUT2D eigenvalue weighted by Crippen LogP contribution is 2.22. The molecule has 0 spiro atoms. The summed E-state index contributed by atoms with van der Waals surface area (Å²) in [5.41, 5.74) is 7.08. The molecule has 104 valence electrons. The van der Waals surface area contributed by atoms with Crippen molar-refractivity contribution in [3.05, 3.63) is 23.8 Å². The Bertz CT molecular complexity index is 490. The molecule has 1 aromatic carbocycles. The zero-order valence-electron chi connectivity index (χ0n) is 11.8. The van der Waals surface area contributed by atoms with Crippen molar-refractivity contribution in [3.8, 4) is 0 Å². The molecule has 19 heavy (non-hydrogen) atoms. The molecule has 0 aliphatic heterocycles. The number of nitrogens with two attached hydrogens (primary N) is 1. The van der Waals surface area contributed by atoms with E-state index in [0.29, 0.717) is 5.69 Å². The lowest BCUT2D eigenvalue weighted by Crippen LogP contribution is -2.28. The number of hydrogen-bond acceptors (Lipinski definition) is 3. The van der Waals surface area contributed by atoms with Gasteiger partial charge in [0.1, 0.15) is 0 Å². The van der Waals surface area contributed by atoms with Gasteiger partial charge in [-0.2, -0.15) is 0 Å². The van der Waals surface area contributed by atoms with Gasteiger partial charge in [0.15, 0.2) is 0 Å². The largest absolute Gasteiger partial charge is 0.325 e. The van der Waals surface area contributed by atoms with Gasteiger partial charge in [0.05, 0.1) is 6.54 Å². The summed E-state index contributed by atoms with van der Waals surface area (Å²) in [6, 6.07) is 5.30. The molecule has 0 bridgehead atoms. The lowest BCUT2D eigenvalue weighted by Gasteiger charge is -2.19. The van der Waals surface area contributed by atoms with E-state index in [4.69, 9.17) is 5.73 Å². The molecule has 0 saturated carbocycles. The van der Waals surface area contributed by atoms with Crippen molar-refractivity contribution in [1.29, 1.82) is 0 Å². The Morgan fingerprint density at radius 2 is 1.84 bits per heavy atom. The zero-order chi connectivity index (χ0) is 14.6. The number of rotatable bonds is 3. The van der Waals surface area contributed by atoms with Crippen LogP contribution in [0.4, 0.5) is 11.4 Å². The lowest BCUT2D eigenvalue weighted by atomic mass is 9.95. The number of carbonyl (C=O) groups excluding carboxylic acids is 2. The van der Waals surface area contributed by atoms with Crippen LogP contribution in [0.1, 0.15) is 26.3 Å². The molecular formula is C14H21N3O2. The minimum absolute atomic E-state index is 0.0469. The third-order valence-corrected chi connectivity index (χ3v) is 2.62. The van der Waals surface area contributed by atoms with E-state index in [9.17, 15) is 9.59 Å². The minimum atomic E-state index is -0.446. The summed E-state index contributed by atoms with van der Waals surface area (Å²) >= 11 is 0. The van der Waals surface area contributed by atoms with E-state index < -0.39 is 5.41 Å². The van der Waals surface area contributed by atoms with E-state index in [1.807, 2.05) is 27.7 Å². The van der Waals surface area contributed by atoms with Gasteiger partial charge in [-0.3, -0.25) is 9.59 Å². The average molecular weight is 263 g/mol. The first-order valence-electron chi connectivity index (χ1n) is 6.16. The van der Waals surface area contributed by atoms with Crippen LogP contribution in [-0.4, -0.2) is 18.4 Å². The summed E-state index contributed by atoms with van der Waals surface area (Å²) in [5, 5.41) is 5.53. The molecule has 5 nitrogen and oxygen atoms in total. The number of nitrogens with one attached hydrogen (secondary N) is 2. The summed E-state index contributed by atoms with van der Waals surface area (Å²) < 4.78 is 0. The van der Waals surface area contributed by atoms with Gasteiger partial charge in [-0.05, 0) is 30.7 Å². The van der Waals surface area contributed by atoms with Gasteiger partial charge in [0, 0.05) is 16.8 Å². The van der Waals surface area contributed by atoms with Crippen LogP contribution in [0.5, 0.6) is 0 Å². The summed E-state index contributed by atoms with van der Waals surface area (Å²) in [6.07, 6.45) is 0. The minimum Gasteiger partial charge on any atom is -0.325 e. The number of benzene rings is 1. The lowest BCUT2D eigenvalue weighted by molar-refractivity contribution is -0.123. The summed E-state index contributed by atoms with van der Waals surface area (Å²) in [5.74, 6) is -0.291. The maximum atomic E-state index is 11.9. The molecule has 0 atom stereocenters. The molecule has 0 aliphatic carbocycles. The van der Waals surface area contributed by atoms with Crippen LogP contribution in [-0.2, 0) is 9.59 Å². The number of carbonyl (C=O) groups is 2. The fraction of sp³-hybridized carbons (Fsp3) is 0.429. The monoisotopic (exact) mass is 263 g/mol. The molecule has 0 aromatic heterocycles. The van der Waals surface area contributed by atoms with Crippen molar-refractivity contribution < 1.29 is 9.59 Å². The van der Waals surface area contributed by atoms with Crippen molar-refractivity contribution in [2.24, 2.45) is 11.1 Å². The second-order valence-corrected chi connectivity index (χ2v) is 5.49. The van der Waals surface area contributed by atoms with Crippen LogP contribution in [0.15, 0.2) is 18.2 Å². The van der Waals surface area contributed by atoms with Crippen molar-refractivity contribution >= 4 is 23.2 Å². The fourth-order valence-corrected chi connectivity index (χ4v) is 1.40. The van der Waals surface area contributed by atoms with Crippen LogP contribution >= 0.6 is 0 Å². The van der Waals surface area contributed by atoms with Crippen LogP contribution in [0.2, 0.25) is 0 Å². The van der Waals surface area contributed by atoms with Crippen LogP contribution in [0.3, 0.4) is 0 Å². The molecule has 2 amide bonds. The van der Waals surface area contributed by atoms with Crippen molar-refractivity contribution in [3.63, 3.8) is 0 Å². The van der Waals surface area contributed by atoms with E-state index in [0.717, 1.165) is 11.3 Å². The Kier molecular flexibility index (Phi) is 4.67. The molecule has 0 unspecified atom stereocenters. The maximum Gasteiger partial charge on any atom is 0.238 e. The van der Waals surface area contributed by atoms with Gasteiger partial charge in [-0.25, -0.2) is 0 Å². The Morgan fingerprint density at radius 3 is 2.32 bits per heavy atom. The molecule has 1 aromatic rings. The highest BCUT2D eigenvalue weighted by molar-refractivity contribution is 5.96. The molecule has 0 aliphatic rings. The molecule has 0 saturated heterocycles. The zero-order valence-corrected chi connectivity index (χ0v) is 11.8. The van der Waals surface area contributed by atoms with Crippen LogP contribution in [0, 0.1) is 12.3 Å². The third kappa shape index (κ3) is 4.37. The van der Waals surface area contributed by atoms with Gasteiger partial charge >= 0.3 is 0 Å². The smallest absolute Gasteiger partial charge is 0.238 e. The maximum absolute atomic E-state index is 11.9. The predicted molar refractivity (Wildman–Crippen MR) is 76.9 cm³/mol.